The molecular weight excluding hydrogens is 575 g/mol. The molecule has 5 rings (SSSR count). The summed E-state index contributed by atoms with van der Waals surface area (Å²) < 4.78 is 30.8. The number of carbonyl (C=O) groups is 1. The highest BCUT2D eigenvalue weighted by atomic mass is 127. The molecule has 0 unspecified atom stereocenters. The van der Waals surface area contributed by atoms with Crippen molar-refractivity contribution in [1.82, 2.24) is 39.5 Å². The highest BCUT2D eigenvalue weighted by Crippen LogP contribution is 2.33. The van der Waals surface area contributed by atoms with Crippen molar-refractivity contribution in [3.63, 3.8) is 0 Å². The van der Waals surface area contributed by atoms with Gasteiger partial charge in [-0.05, 0) is 32.8 Å². The third kappa shape index (κ3) is 4.51. The maximum Gasteiger partial charge on any atom is 0.276 e. The van der Waals surface area contributed by atoms with Crippen molar-refractivity contribution in [2.75, 3.05) is 12.3 Å². The van der Waals surface area contributed by atoms with E-state index in [1.807, 2.05) is 0 Å². The van der Waals surface area contributed by atoms with Crippen molar-refractivity contribution in [3.8, 4) is 0 Å². The molecular formula is C21H22F2IN9O2. The van der Waals surface area contributed by atoms with E-state index in [-0.39, 0.29) is 50.6 Å². The maximum absolute atomic E-state index is 14.3. The molecule has 0 aliphatic carbocycles. The zero-order valence-corrected chi connectivity index (χ0v) is 21.0. The summed E-state index contributed by atoms with van der Waals surface area (Å²) in [5.74, 6) is -1.79. The van der Waals surface area contributed by atoms with E-state index in [0.717, 1.165) is 12.1 Å². The molecule has 1 aliphatic heterocycles. The standard InChI is InChI=1S/C21H22F2IN9O2/c1-21(2,35)9-31-8-14(28-30-31)19(34)32-7-10(3-4-15(32)24)17-27-18-12-5-11(22)6-13(23)16(12)26-20(25)33(18)29-17/h5-6,8,10,15,35H,3-4,7,9H2,1-2H3,(H2,25,26)/t10-,15-/m1/s1. The minimum Gasteiger partial charge on any atom is -0.389 e. The first-order valence-electron chi connectivity index (χ1n) is 10.9. The van der Waals surface area contributed by atoms with E-state index >= 15 is 0 Å². The minimum atomic E-state index is -1.00. The minimum absolute atomic E-state index is 0.0734. The van der Waals surface area contributed by atoms with Gasteiger partial charge in [0.05, 0.1) is 27.8 Å². The molecule has 1 aliphatic rings. The lowest BCUT2D eigenvalue weighted by Gasteiger charge is -2.35. The lowest BCUT2D eigenvalue weighted by Crippen LogP contribution is -2.43. The molecule has 1 saturated heterocycles. The van der Waals surface area contributed by atoms with Crippen molar-refractivity contribution in [1.29, 1.82) is 0 Å². The molecule has 1 amide bonds. The van der Waals surface area contributed by atoms with Crippen molar-refractivity contribution in [2.24, 2.45) is 0 Å². The number of nitrogens with two attached hydrogens (primary N) is 1. The summed E-state index contributed by atoms with van der Waals surface area (Å²) in [6, 6.07) is 1.89. The van der Waals surface area contributed by atoms with Gasteiger partial charge in [0, 0.05) is 18.5 Å². The predicted molar refractivity (Wildman–Crippen MR) is 130 cm³/mol. The fraction of sp³-hybridized carbons (Fsp3) is 0.429. The van der Waals surface area contributed by atoms with Crippen LogP contribution in [0.15, 0.2) is 18.3 Å². The van der Waals surface area contributed by atoms with Gasteiger partial charge in [-0.3, -0.25) is 4.79 Å². The smallest absolute Gasteiger partial charge is 0.276 e. The molecule has 3 aromatic heterocycles. The molecule has 35 heavy (non-hydrogen) atoms. The van der Waals surface area contributed by atoms with Gasteiger partial charge in [0.25, 0.3) is 5.91 Å². The first-order valence-corrected chi connectivity index (χ1v) is 12.1. The number of piperidine rings is 1. The maximum atomic E-state index is 14.3. The van der Waals surface area contributed by atoms with Crippen LogP contribution in [0.25, 0.3) is 16.6 Å². The Kier molecular flexibility index (Phi) is 5.82. The van der Waals surface area contributed by atoms with Crippen LogP contribution in [0.3, 0.4) is 0 Å². The average molecular weight is 597 g/mol. The van der Waals surface area contributed by atoms with E-state index < -0.39 is 17.2 Å². The number of anilines is 1. The van der Waals surface area contributed by atoms with Gasteiger partial charge in [-0.15, -0.1) is 10.2 Å². The topological polar surface area (TPSA) is 140 Å². The number of fused-ring (bicyclic) bond motifs is 3. The summed E-state index contributed by atoms with van der Waals surface area (Å²) >= 11 is 2.21. The highest BCUT2D eigenvalue weighted by Gasteiger charge is 2.35. The number of nitrogen functional groups attached to an aromatic ring is 1. The number of nitrogens with zero attached hydrogens (tertiary/aromatic N) is 8. The molecule has 0 bridgehead atoms. The molecule has 4 heterocycles. The Balaban J connectivity index is 1.45. The average Bonchev–Trinajstić information content (AvgIpc) is 3.41. The van der Waals surface area contributed by atoms with E-state index in [1.54, 1.807) is 18.7 Å². The Bertz CT molecular complexity index is 1450. The number of hydrogen-bond donors (Lipinski definition) is 2. The molecule has 1 aromatic carbocycles. The zero-order chi connectivity index (χ0) is 25.1. The van der Waals surface area contributed by atoms with Crippen LogP contribution >= 0.6 is 22.6 Å². The second kappa shape index (κ2) is 8.58. The summed E-state index contributed by atoms with van der Waals surface area (Å²) in [6.07, 6.45) is 2.90. The monoisotopic (exact) mass is 597 g/mol. The van der Waals surface area contributed by atoms with Crippen molar-refractivity contribution in [2.45, 2.75) is 48.8 Å². The Labute approximate surface area is 211 Å². The lowest BCUT2D eigenvalue weighted by molar-refractivity contribution is 0.0569. The number of amides is 1. The molecule has 4 aromatic rings. The number of aliphatic hydroxyl groups is 1. The van der Waals surface area contributed by atoms with Crippen molar-refractivity contribution in [3.05, 3.63) is 41.5 Å². The molecule has 184 valence electrons. The van der Waals surface area contributed by atoms with Crippen LogP contribution in [0.1, 0.15) is 48.9 Å². The van der Waals surface area contributed by atoms with E-state index in [0.29, 0.717) is 25.2 Å². The van der Waals surface area contributed by atoms with Crippen LogP contribution in [-0.2, 0) is 6.54 Å². The summed E-state index contributed by atoms with van der Waals surface area (Å²) in [6.45, 7) is 3.79. The van der Waals surface area contributed by atoms with Gasteiger partial charge in [-0.2, -0.15) is 4.52 Å². The molecule has 3 N–H and O–H groups in total. The van der Waals surface area contributed by atoms with Gasteiger partial charge in [-0.1, -0.05) is 27.8 Å². The van der Waals surface area contributed by atoms with Crippen LogP contribution in [0.2, 0.25) is 0 Å². The van der Waals surface area contributed by atoms with Gasteiger partial charge in [-0.25, -0.2) is 23.4 Å². The number of alkyl halides is 1. The molecule has 0 radical (unpaired) electrons. The Morgan fingerprint density at radius 2 is 2.06 bits per heavy atom. The Morgan fingerprint density at radius 1 is 1.29 bits per heavy atom. The van der Waals surface area contributed by atoms with Crippen molar-refractivity contribution < 1.29 is 18.7 Å². The van der Waals surface area contributed by atoms with Crippen molar-refractivity contribution >= 4 is 51.0 Å². The first-order chi connectivity index (χ1) is 16.5. The van der Waals surface area contributed by atoms with Crippen LogP contribution in [0, 0.1) is 11.6 Å². The summed E-state index contributed by atoms with van der Waals surface area (Å²) in [5, 5.41) is 22.5. The zero-order valence-electron chi connectivity index (χ0n) is 18.9. The van der Waals surface area contributed by atoms with Crippen LogP contribution < -0.4 is 5.73 Å². The van der Waals surface area contributed by atoms with E-state index in [4.69, 9.17) is 5.73 Å². The third-order valence-electron chi connectivity index (χ3n) is 5.78. The summed E-state index contributed by atoms with van der Waals surface area (Å²) in [7, 11) is 0. The number of carbonyl (C=O) groups excluding carboxylic acids is 1. The fourth-order valence-electron chi connectivity index (χ4n) is 4.22. The molecule has 14 heteroatoms. The first kappa shape index (κ1) is 23.7. The van der Waals surface area contributed by atoms with Crippen LogP contribution in [-0.4, -0.2) is 66.7 Å². The summed E-state index contributed by atoms with van der Waals surface area (Å²) in [4.78, 5) is 23.5. The van der Waals surface area contributed by atoms with Gasteiger partial charge in [0.1, 0.15) is 11.3 Å². The third-order valence-corrected chi connectivity index (χ3v) is 7.07. The second-order valence-electron chi connectivity index (χ2n) is 9.24. The van der Waals surface area contributed by atoms with Crippen LogP contribution in [0.5, 0.6) is 0 Å². The predicted octanol–water partition coefficient (Wildman–Crippen LogP) is 2.28. The number of rotatable bonds is 4. The van der Waals surface area contributed by atoms with Gasteiger partial charge in [0.2, 0.25) is 5.95 Å². The van der Waals surface area contributed by atoms with E-state index in [9.17, 15) is 18.7 Å². The van der Waals surface area contributed by atoms with E-state index in [2.05, 4.69) is 48.0 Å². The molecule has 1 fully saturated rings. The number of hydrogen-bond acceptors (Lipinski definition) is 8. The number of halogens is 3. The largest absolute Gasteiger partial charge is 0.389 e. The highest BCUT2D eigenvalue weighted by molar-refractivity contribution is 14.1. The van der Waals surface area contributed by atoms with Gasteiger partial charge < -0.3 is 15.7 Å². The van der Waals surface area contributed by atoms with Gasteiger partial charge in [0.15, 0.2) is 23.0 Å². The summed E-state index contributed by atoms with van der Waals surface area (Å²) in [5.41, 5.74) is 5.26. The second-order valence-corrected chi connectivity index (χ2v) is 10.7. The molecule has 11 nitrogen and oxygen atoms in total. The molecule has 2 atom stereocenters. The Morgan fingerprint density at radius 3 is 2.80 bits per heavy atom. The quantitative estimate of drug-likeness (QED) is 0.208. The SMILES string of the molecule is CC(C)(O)Cn1cc(C(=O)N2C[C@H](c3nc4c5cc(F)cc(F)c5nc(N)n4n3)CC[C@@H]2I)nn1. The fourth-order valence-corrected chi connectivity index (χ4v) is 5.06. The molecule has 0 saturated carbocycles. The number of aromatic nitrogens is 7. The normalized spacial score (nSPS) is 19.1. The van der Waals surface area contributed by atoms with E-state index in [1.165, 1.54) is 15.4 Å². The lowest BCUT2D eigenvalue weighted by atomic mass is 9.97. The van der Waals surface area contributed by atoms with Crippen LogP contribution in [0.4, 0.5) is 14.7 Å². The van der Waals surface area contributed by atoms with Gasteiger partial charge >= 0.3 is 0 Å². The molecule has 0 spiro atoms. The Hall–Kier alpha value is -3.01. The number of benzene rings is 1. The number of likely N-dealkylation sites (tertiary alicyclic amines) is 1.